The molecule has 32 heavy (non-hydrogen) atoms. The van der Waals surface area contributed by atoms with E-state index in [1.165, 1.54) is 5.57 Å². The maximum atomic E-state index is 12.8. The summed E-state index contributed by atoms with van der Waals surface area (Å²) in [6.45, 7) is 3.98. The summed E-state index contributed by atoms with van der Waals surface area (Å²) in [6, 6.07) is 24.5. The highest BCUT2D eigenvalue weighted by atomic mass is 16.5. The minimum atomic E-state index is -0.235. The molecule has 0 radical (unpaired) electrons. The average Bonchev–Trinajstić information content (AvgIpc) is 2.84. The third-order valence-electron chi connectivity index (χ3n) is 5.78. The van der Waals surface area contributed by atoms with Crippen molar-refractivity contribution in [3.05, 3.63) is 96.1 Å². The summed E-state index contributed by atoms with van der Waals surface area (Å²) in [5.41, 5.74) is 4.24. The van der Waals surface area contributed by atoms with Crippen LogP contribution < -0.4 is 10.1 Å². The lowest BCUT2D eigenvalue weighted by molar-refractivity contribution is -0.120. The van der Waals surface area contributed by atoms with Crippen LogP contribution in [0.1, 0.15) is 24.5 Å². The van der Waals surface area contributed by atoms with E-state index in [9.17, 15) is 9.90 Å². The van der Waals surface area contributed by atoms with Crippen LogP contribution in [0, 0.1) is 0 Å². The number of nitrogens with zero attached hydrogens (tertiary/aromatic N) is 1. The molecule has 164 valence electrons. The summed E-state index contributed by atoms with van der Waals surface area (Å²) in [5.74, 6) is 1.01. The van der Waals surface area contributed by atoms with Crippen molar-refractivity contribution in [2.45, 2.75) is 26.0 Å². The third-order valence-corrected chi connectivity index (χ3v) is 5.78. The highest BCUT2D eigenvalue weighted by Crippen LogP contribution is 2.25. The summed E-state index contributed by atoms with van der Waals surface area (Å²) < 4.78 is 5.81. The monoisotopic (exact) mass is 428 g/mol. The minimum absolute atomic E-state index is 0.0237. The zero-order valence-electron chi connectivity index (χ0n) is 18.2. The molecule has 5 nitrogen and oxygen atoms in total. The van der Waals surface area contributed by atoms with E-state index in [0.29, 0.717) is 6.61 Å². The highest BCUT2D eigenvalue weighted by molar-refractivity contribution is 5.94. The number of benzene rings is 3. The van der Waals surface area contributed by atoms with Gasteiger partial charge in [-0.15, -0.1) is 0 Å². The molecule has 2 N–H and O–H groups in total. The predicted octanol–water partition coefficient (Wildman–Crippen LogP) is 5.09. The third kappa shape index (κ3) is 5.56. The lowest BCUT2D eigenvalue weighted by Crippen LogP contribution is -2.44. The molecule has 3 aromatic carbocycles. The number of hydrogen-bond acceptors (Lipinski definition) is 4. The molecule has 1 aliphatic heterocycles. The standard InChI is InChI=1S/C27H28N2O3/c1-20(29-17-15-23(16-18-29)22-7-11-25(30)12-8-22)27(31)28-24-9-13-26(14-10-24)32-19-21-5-3-2-4-6-21/h2-15,20,30H,16-19H2,1H3,(H,28,31). The van der Waals surface area contributed by atoms with Crippen LogP contribution in [-0.2, 0) is 11.4 Å². The fourth-order valence-corrected chi connectivity index (χ4v) is 3.76. The van der Waals surface area contributed by atoms with E-state index in [1.807, 2.05) is 73.7 Å². The summed E-state index contributed by atoms with van der Waals surface area (Å²) in [5, 5.41) is 12.5. The van der Waals surface area contributed by atoms with E-state index in [4.69, 9.17) is 4.74 Å². The Kier molecular flexibility index (Phi) is 6.87. The Hall–Kier alpha value is -3.57. The smallest absolute Gasteiger partial charge is 0.241 e. The topological polar surface area (TPSA) is 61.8 Å². The molecule has 0 aromatic heterocycles. The molecule has 1 amide bonds. The Morgan fingerprint density at radius 2 is 1.75 bits per heavy atom. The van der Waals surface area contributed by atoms with Crippen molar-refractivity contribution in [3.63, 3.8) is 0 Å². The second-order valence-corrected chi connectivity index (χ2v) is 7.99. The number of amides is 1. The fraction of sp³-hybridized carbons (Fsp3) is 0.222. The number of anilines is 1. The second kappa shape index (κ2) is 10.2. The first-order valence-electron chi connectivity index (χ1n) is 10.9. The lowest BCUT2D eigenvalue weighted by Gasteiger charge is -2.31. The van der Waals surface area contributed by atoms with Gasteiger partial charge in [0.2, 0.25) is 5.91 Å². The van der Waals surface area contributed by atoms with Gasteiger partial charge in [0.25, 0.3) is 0 Å². The van der Waals surface area contributed by atoms with Crippen LogP contribution in [-0.4, -0.2) is 35.0 Å². The van der Waals surface area contributed by atoms with E-state index in [2.05, 4.69) is 16.3 Å². The van der Waals surface area contributed by atoms with Crippen molar-refractivity contribution >= 4 is 17.2 Å². The molecule has 4 rings (SSSR count). The number of hydrogen-bond donors (Lipinski definition) is 2. The summed E-state index contributed by atoms with van der Waals surface area (Å²) in [7, 11) is 0. The Morgan fingerprint density at radius 1 is 1.03 bits per heavy atom. The Morgan fingerprint density at radius 3 is 2.41 bits per heavy atom. The van der Waals surface area contributed by atoms with Gasteiger partial charge in [-0.05, 0) is 66.4 Å². The maximum Gasteiger partial charge on any atom is 0.241 e. The Labute approximate surface area is 189 Å². The van der Waals surface area contributed by atoms with Gasteiger partial charge in [-0.1, -0.05) is 48.5 Å². The van der Waals surface area contributed by atoms with Gasteiger partial charge in [0.15, 0.2) is 0 Å². The predicted molar refractivity (Wildman–Crippen MR) is 128 cm³/mol. The zero-order chi connectivity index (χ0) is 22.3. The van der Waals surface area contributed by atoms with Gasteiger partial charge >= 0.3 is 0 Å². The molecule has 0 saturated carbocycles. The van der Waals surface area contributed by atoms with E-state index < -0.39 is 0 Å². The summed E-state index contributed by atoms with van der Waals surface area (Å²) in [4.78, 5) is 14.9. The number of phenolic OH excluding ortho intramolecular Hbond substituents is 1. The van der Waals surface area contributed by atoms with E-state index >= 15 is 0 Å². The normalized spacial score (nSPS) is 15.0. The van der Waals surface area contributed by atoms with Gasteiger partial charge in [-0.2, -0.15) is 0 Å². The first kappa shape index (κ1) is 21.7. The molecule has 1 aliphatic rings. The van der Waals surface area contributed by atoms with Crippen LogP contribution in [0.2, 0.25) is 0 Å². The van der Waals surface area contributed by atoms with E-state index in [-0.39, 0.29) is 17.7 Å². The molecule has 0 saturated heterocycles. The van der Waals surface area contributed by atoms with Gasteiger partial charge in [-0.3, -0.25) is 9.69 Å². The number of carbonyl (C=O) groups is 1. The highest BCUT2D eigenvalue weighted by Gasteiger charge is 2.23. The summed E-state index contributed by atoms with van der Waals surface area (Å²) in [6.07, 6.45) is 3.04. The number of nitrogens with one attached hydrogen (secondary N) is 1. The Balaban J connectivity index is 1.28. The van der Waals surface area contributed by atoms with Crippen molar-refractivity contribution in [1.29, 1.82) is 0 Å². The molecule has 1 unspecified atom stereocenters. The first-order valence-corrected chi connectivity index (χ1v) is 10.9. The second-order valence-electron chi connectivity index (χ2n) is 7.99. The average molecular weight is 429 g/mol. The lowest BCUT2D eigenvalue weighted by atomic mass is 9.98. The molecule has 0 spiro atoms. The fourth-order valence-electron chi connectivity index (χ4n) is 3.76. The molecule has 3 aromatic rings. The van der Waals surface area contributed by atoms with Gasteiger partial charge in [0.1, 0.15) is 18.1 Å². The largest absolute Gasteiger partial charge is 0.508 e. The van der Waals surface area contributed by atoms with Crippen LogP contribution >= 0.6 is 0 Å². The van der Waals surface area contributed by atoms with Gasteiger partial charge < -0.3 is 15.2 Å². The van der Waals surface area contributed by atoms with Crippen LogP contribution in [0.25, 0.3) is 5.57 Å². The molecule has 0 fully saturated rings. The quantitative estimate of drug-likeness (QED) is 0.550. The number of carbonyl (C=O) groups excluding carboxylic acids is 1. The molecule has 0 aliphatic carbocycles. The van der Waals surface area contributed by atoms with Crippen LogP contribution in [0.4, 0.5) is 5.69 Å². The van der Waals surface area contributed by atoms with Gasteiger partial charge in [0.05, 0.1) is 6.04 Å². The van der Waals surface area contributed by atoms with Crippen LogP contribution in [0.15, 0.2) is 84.9 Å². The van der Waals surface area contributed by atoms with Crippen LogP contribution in [0.3, 0.4) is 0 Å². The molecule has 1 atom stereocenters. The molecular formula is C27H28N2O3. The molecule has 1 heterocycles. The summed E-state index contributed by atoms with van der Waals surface area (Å²) >= 11 is 0. The number of rotatable bonds is 7. The van der Waals surface area contributed by atoms with E-state index in [1.54, 1.807) is 12.1 Å². The van der Waals surface area contributed by atoms with Gasteiger partial charge in [-0.25, -0.2) is 0 Å². The SMILES string of the molecule is CC(C(=O)Nc1ccc(OCc2ccccc2)cc1)N1CC=C(c2ccc(O)cc2)CC1. The van der Waals surface area contributed by atoms with E-state index in [0.717, 1.165) is 42.1 Å². The maximum absolute atomic E-state index is 12.8. The van der Waals surface area contributed by atoms with Crippen molar-refractivity contribution < 1.29 is 14.6 Å². The van der Waals surface area contributed by atoms with Crippen molar-refractivity contribution in [1.82, 2.24) is 4.90 Å². The Bertz CT molecular complexity index is 1060. The minimum Gasteiger partial charge on any atom is -0.508 e. The van der Waals surface area contributed by atoms with Crippen molar-refractivity contribution in [3.8, 4) is 11.5 Å². The van der Waals surface area contributed by atoms with Crippen LogP contribution in [0.5, 0.6) is 11.5 Å². The van der Waals surface area contributed by atoms with Crippen molar-refractivity contribution in [2.24, 2.45) is 0 Å². The number of phenols is 1. The first-order chi connectivity index (χ1) is 15.6. The van der Waals surface area contributed by atoms with Gasteiger partial charge in [0, 0.05) is 18.8 Å². The number of aromatic hydroxyl groups is 1. The molecule has 5 heteroatoms. The molecule has 0 bridgehead atoms. The number of ether oxygens (including phenoxy) is 1. The van der Waals surface area contributed by atoms with Crippen molar-refractivity contribution in [2.75, 3.05) is 18.4 Å². The zero-order valence-corrected chi connectivity index (χ0v) is 18.2. The molecular weight excluding hydrogens is 400 g/mol.